The monoisotopic (exact) mass is 293 g/mol. The summed E-state index contributed by atoms with van der Waals surface area (Å²) in [6.07, 6.45) is 1.94. The van der Waals surface area contributed by atoms with E-state index in [0.717, 1.165) is 30.9 Å². The lowest BCUT2D eigenvalue weighted by molar-refractivity contribution is -0.156. The zero-order valence-electron chi connectivity index (χ0n) is 12.7. The molecule has 2 aliphatic rings. The predicted octanol–water partition coefficient (Wildman–Crippen LogP) is 4.09. The first-order valence-corrected chi connectivity index (χ1v) is 7.51. The van der Waals surface area contributed by atoms with E-state index in [1.54, 1.807) is 4.90 Å². The zero-order chi connectivity index (χ0) is 15.4. The maximum Gasteiger partial charge on any atom is 0.259 e. The predicted molar refractivity (Wildman–Crippen MR) is 77.1 cm³/mol. The second-order valence-electron chi connectivity index (χ2n) is 6.80. The smallest absolute Gasteiger partial charge is 0.259 e. The second-order valence-corrected chi connectivity index (χ2v) is 6.80. The van der Waals surface area contributed by atoms with Crippen LogP contribution in [0.5, 0.6) is 0 Å². The van der Waals surface area contributed by atoms with Crippen LogP contribution in [0.3, 0.4) is 0 Å². The fourth-order valence-electron chi connectivity index (χ4n) is 3.81. The van der Waals surface area contributed by atoms with Gasteiger partial charge >= 0.3 is 0 Å². The number of carbonyl (C=O) groups is 1. The molecule has 3 rings (SSSR count). The molecule has 1 aromatic carbocycles. The molecule has 0 spiro atoms. The lowest BCUT2D eigenvalue weighted by atomic mass is 9.80. The Labute approximate surface area is 124 Å². The molecule has 114 valence electrons. The van der Waals surface area contributed by atoms with E-state index in [1.807, 2.05) is 25.1 Å². The number of rotatable bonds is 2. The molecule has 2 saturated heterocycles. The topological polar surface area (TPSA) is 20.3 Å². The summed E-state index contributed by atoms with van der Waals surface area (Å²) in [5.74, 6) is -3.37. The van der Waals surface area contributed by atoms with Crippen LogP contribution in [0.25, 0.3) is 0 Å². The molecule has 2 fully saturated rings. The molecule has 0 saturated carbocycles. The van der Waals surface area contributed by atoms with Crippen LogP contribution in [0.4, 0.5) is 8.78 Å². The maximum absolute atomic E-state index is 13.9. The minimum absolute atomic E-state index is 0.0427. The van der Waals surface area contributed by atoms with E-state index in [2.05, 4.69) is 6.07 Å². The molecule has 1 amide bonds. The Hall–Kier alpha value is -1.45. The first-order chi connectivity index (χ1) is 9.74. The highest BCUT2D eigenvalue weighted by molar-refractivity contribution is 5.87. The number of benzene rings is 1. The third-order valence-corrected chi connectivity index (χ3v) is 5.25. The van der Waals surface area contributed by atoms with Gasteiger partial charge in [-0.1, -0.05) is 29.8 Å². The SMILES string of the molecule is Cc1cccc([C@@H]2CC[C@@H]3C[C@](C)(C(C)(F)F)C(=O)N32)c1. The van der Waals surface area contributed by atoms with E-state index >= 15 is 0 Å². The largest absolute Gasteiger partial charge is 0.332 e. The molecule has 0 bridgehead atoms. The van der Waals surface area contributed by atoms with E-state index in [9.17, 15) is 13.6 Å². The highest BCUT2D eigenvalue weighted by Gasteiger charge is 2.62. The summed E-state index contributed by atoms with van der Waals surface area (Å²) in [5, 5.41) is 0. The van der Waals surface area contributed by atoms with E-state index in [0.29, 0.717) is 0 Å². The average Bonchev–Trinajstić information content (AvgIpc) is 2.89. The van der Waals surface area contributed by atoms with Gasteiger partial charge in [0.2, 0.25) is 5.91 Å². The summed E-state index contributed by atoms with van der Waals surface area (Å²) >= 11 is 0. The van der Waals surface area contributed by atoms with Crippen molar-refractivity contribution in [3.63, 3.8) is 0 Å². The number of amides is 1. The Morgan fingerprint density at radius 2 is 2.05 bits per heavy atom. The molecule has 2 nitrogen and oxygen atoms in total. The molecule has 2 aliphatic heterocycles. The third-order valence-electron chi connectivity index (χ3n) is 5.25. The fraction of sp³-hybridized carbons (Fsp3) is 0.588. The summed E-state index contributed by atoms with van der Waals surface area (Å²) < 4.78 is 27.8. The van der Waals surface area contributed by atoms with Gasteiger partial charge in [-0.2, -0.15) is 0 Å². The van der Waals surface area contributed by atoms with Crippen molar-refractivity contribution >= 4 is 5.91 Å². The Balaban J connectivity index is 1.95. The van der Waals surface area contributed by atoms with Crippen molar-refractivity contribution in [3.8, 4) is 0 Å². The van der Waals surface area contributed by atoms with Crippen LogP contribution in [0.15, 0.2) is 24.3 Å². The highest BCUT2D eigenvalue weighted by atomic mass is 19.3. The third kappa shape index (κ3) is 2.07. The van der Waals surface area contributed by atoms with Crippen LogP contribution in [-0.4, -0.2) is 22.8 Å². The van der Waals surface area contributed by atoms with Gasteiger partial charge in [0.15, 0.2) is 0 Å². The van der Waals surface area contributed by atoms with Gasteiger partial charge in [0.25, 0.3) is 5.92 Å². The van der Waals surface area contributed by atoms with E-state index < -0.39 is 11.3 Å². The van der Waals surface area contributed by atoms with Crippen molar-refractivity contribution in [2.75, 3.05) is 0 Å². The Bertz CT molecular complexity index is 580. The zero-order valence-corrected chi connectivity index (χ0v) is 12.7. The first kappa shape index (κ1) is 14.5. The number of carbonyl (C=O) groups excluding carboxylic acids is 1. The Kier molecular flexibility index (Phi) is 3.12. The molecular formula is C17H21F2NO. The van der Waals surface area contributed by atoms with Crippen molar-refractivity contribution in [2.24, 2.45) is 5.41 Å². The average molecular weight is 293 g/mol. The molecule has 0 N–H and O–H groups in total. The van der Waals surface area contributed by atoms with Crippen molar-refractivity contribution in [2.45, 2.75) is 58.0 Å². The van der Waals surface area contributed by atoms with E-state index in [1.165, 1.54) is 6.92 Å². The molecule has 0 radical (unpaired) electrons. The summed E-state index contributed by atoms with van der Waals surface area (Å²) in [7, 11) is 0. The molecule has 1 aromatic rings. The molecule has 2 heterocycles. The quantitative estimate of drug-likeness (QED) is 0.804. The number of nitrogens with zero attached hydrogens (tertiary/aromatic N) is 1. The van der Waals surface area contributed by atoms with E-state index in [-0.39, 0.29) is 24.4 Å². The van der Waals surface area contributed by atoms with Crippen LogP contribution in [-0.2, 0) is 4.79 Å². The summed E-state index contributed by atoms with van der Waals surface area (Å²) in [4.78, 5) is 14.4. The van der Waals surface area contributed by atoms with Gasteiger partial charge in [-0.25, -0.2) is 8.78 Å². The summed E-state index contributed by atoms with van der Waals surface area (Å²) in [5.41, 5.74) is 0.640. The van der Waals surface area contributed by atoms with Gasteiger partial charge in [0.05, 0.1) is 6.04 Å². The Morgan fingerprint density at radius 1 is 1.33 bits per heavy atom. The van der Waals surface area contributed by atoms with Crippen LogP contribution < -0.4 is 0 Å². The van der Waals surface area contributed by atoms with Gasteiger partial charge < -0.3 is 4.90 Å². The van der Waals surface area contributed by atoms with Gasteiger partial charge in [0, 0.05) is 13.0 Å². The molecule has 4 heteroatoms. The minimum Gasteiger partial charge on any atom is -0.332 e. The first-order valence-electron chi connectivity index (χ1n) is 7.51. The van der Waals surface area contributed by atoms with Crippen LogP contribution in [0.1, 0.15) is 50.3 Å². The maximum atomic E-state index is 13.9. The van der Waals surface area contributed by atoms with Gasteiger partial charge in [0.1, 0.15) is 5.41 Å². The van der Waals surface area contributed by atoms with Gasteiger partial charge in [-0.15, -0.1) is 0 Å². The van der Waals surface area contributed by atoms with Crippen LogP contribution in [0, 0.1) is 12.3 Å². The molecule has 0 aromatic heterocycles. The number of hydrogen-bond donors (Lipinski definition) is 0. The van der Waals surface area contributed by atoms with Gasteiger partial charge in [-0.05, 0) is 38.7 Å². The number of hydrogen-bond acceptors (Lipinski definition) is 1. The standard InChI is InChI=1S/C17H21F2NO/c1-11-5-4-6-12(9-11)14-8-7-13-10-16(2,17(3,18)19)15(21)20(13)14/h4-6,9,13-14H,7-8,10H2,1-3H3/t13-,14+,16+/m1/s1. The van der Waals surface area contributed by atoms with Crippen molar-refractivity contribution in [1.29, 1.82) is 0 Å². The minimum atomic E-state index is -2.98. The van der Waals surface area contributed by atoms with Crippen molar-refractivity contribution in [3.05, 3.63) is 35.4 Å². The highest BCUT2D eigenvalue weighted by Crippen LogP contribution is 2.54. The lowest BCUT2D eigenvalue weighted by Gasteiger charge is -2.31. The van der Waals surface area contributed by atoms with Gasteiger partial charge in [-0.3, -0.25) is 4.79 Å². The van der Waals surface area contributed by atoms with Crippen LogP contribution >= 0.6 is 0 Å². The molecule has 3 atom stereocenters. The van der Waals surface area contributed by atoms with Crippen LogP contribution in [0.2, 0.25) is 0 Å². The summed E-state index contributed by atoms with van der Waals surface area (Å²) in [6.45, 7) is 4.29. The normalized spacial score (nSPS) is 32.6. The number of aryl methyl sites for hydroxylation is 1. The second kappa shape index (κ2) is 4.52. The fourth-order valence-corrected chi connectivity index (χ4v) is 3.81. The van der Waals surface area contributed by atoms with Crippen molar-refractivity contribution in [1.82, 2.24) is 4.90 Å². The lowest BCUT2D eigenvalue weighted by Crippen LogP contribution is -2.44. The van der Waals surface area contributed by atoms with Crippen molar-refractivity contribution < 1.29 is 13.6 Å². The Morgan fingerprint density at radius 3 is 2.67 bits per heavy atom. The van der Waals surface area contributed by atoms with E-state index in [4.69, 9.17) is 0 Å². The molecule has 0 unspecified atom stereocenters. The summed E-state index contributed by atoms with van der Waals surface area (Å²) in [6, 6.07) is 7.93. The molecular weight excluding hydrogens is 272 g/mol. The molecule has 0 aliphatic carbocycles. The number of halogens is 2. The molecule has 21 heavy (non-hydrogen) atoms. The number of fused-ring (bicyclic) bond motifs is 1. The number of alkyl halides is 2.